The fraction of sp³-hybridized carbons (Fsp3) is 0.476. The van der Waals surface area contributed by atoms with E-state index < -0.39 is 0 Å². The van der Waals surface area contributed by atoms with Gasteiger partial charge in [0.1, 0.15) is 0 Å². The molecule has 0 bridgehead atoms. The highest BCUT2D eigenvalue weighted by Gasteiger charge is 2.27. The van der Waals surface area contributed by atoms with Crippen LogP contribution in [0, 0.1) is 19.8 Å². The van der Waals surface area contributed by atoms with E-state index in [1.54, 1.807) is 11.8 Å². The first kappa shape index (κ1) is 19.1. The van der Waals surface area contributed by atoms with E-state index >= 15 is 0 Å². The molecule has 0 spiro atoms. The van der Waals surface area contributed by atoms with E-state index in [1.165, 1.54) is 5.56 Å². The summed E-state index contributed by atoms with van der Waals surface area (Å²) in [5.41, 5.74) is 4.28. The molecule has 0 saturated carbocycles. The lowest BCUT2D eigenvalue weighted by Crippen LogP contribution is -2.44. The normalized spacial score (nSPS) is 17.0. The number of hydrogen-bond donors (Lipinski definition) is 1. The van der Waals surface area contributed by atoms with Crippen molar-refractivity contribution >= 4 is 11.8 Å². The van der Waals surface area contributed by atoms with E-state index in [2.05, 4.69) is 22.5 Å². The zero-order valence-corrected chi connectivity index (χ0v) is 16.4. The highest BCUT2D eigenvalue weighted by Crippen LogP contribution is 2.18. The number of aromatic nitrogens is 2. The lowest BCUT2D eigenvalue weighted by molar-refractivity contribution is -0.134. The highest BCUT2D eigenvalue weighted by molar-refractivity contribution is 5.80. The van der Waals surface area contributed by atoms with Gasteiger partial charge in [-0.25, -0.2) is 0 Å². The molecule has 0 radical (unpaired) electrons. The molecule has 2 aromatic rings. The molecule has 6 nitrogen and oxygen atoms in total. The quantitative estimate of drug-likeness (QED) is 0.881. The van der Waals surface area contributed by atoms with E-state index in [4.69, 9.17) is 0 Å². The maximum absolute atomic E-state index is 12.6. The van der Waals surface area contributed by atoms with E-state index in [1.807, 2.05) is 36.7 Å². The Morgan fingerprint density at radius 1 is 1.22 bits per heavy atom. The fourth-order valence-electron chi connectivity index (χ4n) is 3.70. The number of nitrogens with one attached hydrogen (secondary N) is 1. The molecule has 2 heterocycles. The third kappa shape index (κ3) is 4.56. The van der Waals surface area contributed by atoms with Crippen LogP contribution >= 0.6 is 0 Å². The van der Waals surface area contributed by atoms with Crippen molar-refractivity contribution in [2.24, 2.45) is 5.92 Å². The maximum Gasteiger partial charge on any atom is 0.225 e. The van der Waals surface area contributed by atoms with E-state index in [0.29, 0.717) is 13.1 Å². The number of carbonyl (C=O) groups is 2. The van der Waals surface area contributed by atoms with Gasteiger partial charge in [0, 0.05) is 37.8 Å². The molecule has 1 aromatic carbocycles. The molecule has 1 N–H and O–H groups in total. The Balaban J connectivity index is 1.62. The summed E-state index contributed by atoms with van der Waals surface area (Å²) < 4.78 is 1.99. The van der Waals surface area contributed by atoms with Crippen molar-refractivity contribution in [2.75, 3.05) is 13.1 Å². The molecule has 1 aromatic heterocycles. The zero-order valence-electron chi connectivity index (χ0n) is 16.4. The Bertz CT molecular complexity index is 813. The highest BCUT2D eigenvalue weighted by atomic mass is 16.2. The first-order valence-electron chi connectivity index (χ1n) is 9.55. The molecule has 3 rings (SSSR count). The second-order valence-corrected chi connectivity index (χ2v) is 7.31. The third-order valence-corrected chi connectivity index (χ3v) is 5.38. The van der Waals surface area contributed by atoms with Crippen molar-refractivity contribution in [3.63, 3.8) is 0 Å². The van der Waals surface area contributed by atoms with Crippen LogP contribution in [0.4, 0.5) is 0 Å². The predicted octanol–water partition coefficient (Wildman–Crippen LogP) is 2.42. The summed E-state index contributed by atoms with van der Waals surface area (Å²) in [5.74, 6) is -0.0560. The van der Waals surface area contributed by atoms with Crippen LogP contribution in [0.25, 0.3) is 0 Å². The Morgan fingerprint density at radius 2 is 1.96 bits per heavy atom. The molecular weight excluding hydrogens is 340 g/mol. The van der Waals surface area contributed by atoms with Crippen LogP contribution < -0.4 is 5.32 Å². The monoisotopic (exact) mass is 368 g/mol. The number of carbonyl (C=O) groups excluding carboxylic acids is 2. The van der Waals surface area contributed by atoms with Gasteiger partial charge >= 0.3 is 0 Å². The average Bonchev–Trinajstić information content (AvgIpc) is 2.93. The lowest BCUT2D eigenvalue weighted by Gasteiger charge is -2.31. The summed E-state index contributed by atoms with van der Waals surface area (Å²) >= 11 is 0. The van der Waals surface area contributed by atoms with Crippen molar-refractivity contribution in [1.82, 2.24) is 20.0 Å². The molecule has 27 heavy (non-hydrogen) atoms. The van der Waals surface area contributed by atoms with Gasteiger partial charge in [0.05, 0.1) is 18.2 Å². The van der Waals surface area contributed by atoms with Gasteiger partial charge in [-0.15, -0.1) is 0 Å². The topological polar surface area (TPSA) is 67.2 Å². The van der Waals surface area contributed by atoms with Crippen LogP contribution in [-0.2, 0) is 22.7 Å². The molecule has 2 amide bonds. The molecule has 0 unspecified atom stereocenters. The fourth-order valence-corrected chi connectivity index (χ4v) is 3.70. The Kier molecular flexibility index (Phi) is 5.94. The third-order valence-electron chi connectivity index (χ3n) is 5.38. The van der Waals surface area contributed by atoms with Gasteiger partial charge < -0.3 is 10.2 Å². The Labute approximate surface area is 160 Å². The van der Waals surface area contributed by atoms with Crippen molar-refractivity contribution in [3.8, 4) is 0 Å². The van der Waals surface area contributed by atoms with E-state index in [0.717, 1.165) is 42.9 Å². The number of likely N-dealkylation sites (tertiary alicyclic amines) is 1. The van der Waals surface area contributed by atoms with E-state index in [9.17, 15) is 9.59 Å². The summed E-state index contributed by atoms with van der Waals surface area (Å²) in [6, 6.07) is 10.2. The standard InChI is InChI=1S/C21H28N4O2/c1-15-20(16(2)25(23-15)13-18-8-5-4-6-9-18)12-22-21(27)19-10-7-11-24(14-19)17(3)26/h4-6,8-9,19H,7,10-14H2,1-3H3,(H,22,27)/t19-/m1/s1. The van der Waals surface area contributed by atoms with Gasteiger partial charge in [-0.3, -0.25) is 14.3 Å². The minimum atomic E-state index is -0.123. The van der Waals surface area contributed by atoms with Crippen LogP contribution in [0.1, 0.15) is 42.3 Å². The maximum atomic E-state index is 12.6. The molecule has 1 atom stereocenters. The second kappa shape index (κ2) is 8.37. The van der Waals surface area contributed by atoms with Gasteiger partial charge in [-0.1, -0.05) is 30.3 Å². The number of piperidine rings is 1. The van der Waals surface area contributed by atoms with Crippen molar-refractivity contribution < 1.29 is 9.59 Å². The average molecular weight is 368 g/mol. The van der Waals surface area contributed by atoms with Gasteiger partial charge in [-0.05, 0) is 32.3 Å². The van der Waals surface area contributed by atoms with Crippen molar-refractivity contribution in [1.29, 1.82) is 0 Å². The molecule has 1 aliphatic heterocycles. The van der Waals surface area contributed by atoms with Gasteiger partial charge in [0.15, 0.2) is 0 Å². The zero-order chi connectivity index (χ0) is 19.4. The molecule has 1 fully saturated rings. The molecule has 144 valence electrons. The summed E-state index contributed by atoms with van der Waals surface area (Å²) in [5, 5.41) is 7.70. The molecule has 6 heteroatoms. The molecular formula is C21H28N4O2. The van der Waals surface area contributed by atoms with Gasteiger partial charge in [0.25, 0.3) is 0 Å². The number of nitrogens with zero attached hydrogens (tertiary/aromatic N) is 3. The first-order chi connectivity index (χ1) is 13.0. The molecule has 1 saturated heterocycles. The molecule has 1 aliphatic rings. The smallest absolute Gasteiger partial charge is 0.225 e. The SMILES string of the molecule is CC(=O)N1CCC[C@@H](C(=O)NCc2c(C)nn(Cc3ccccc3)c2C)C1. The lowest BCUT2D eigenvalue weighted by atomic mass is 9.97. The first-order valence-corrected chi connectivity index (χ1v) is 9.55. The van der Waals surface area contributed by atoms with E-state index in [-0.39, 0.29) is 17.7 Å². The van der Waals surface area contributed by atoms with Crippen LogP contribution in [-0.4, -0.2) is 39.6 Å². The predicted molar refractivity (Wildman–Crippen MR) is 104 cm³/mol. The van der Waals surface area contributed by atoms with Crippen LogP contribution in [0.15, 0.2) is 30.3 Å². The van der Waals surface area contributed by atoms with Crippen LogP contribution in [0.2, 0.25) is 0 Å². The van der Waals surface area contributed by atoms with Crippen molar-refractivity contribution in [3.05, 3.63) is 52.8 Å². The minimum absolute atomic E-state index is 0.0237. The number of benzene rings is 1. The Morgan fingerprint density at radius 3 is 2.67 bits per heavy atom. The number of aryl methyl sites for hydroxylation is 1. The Hall–Kier alpha value is -2.63. The van der Waals surface area contributed by atoms with Gasteiger partial charge in [0.2, 0.25) is 11.8 Å². The summed E-state index contributed by atoms with van der Waals surface area (Å²) in [6.07, 6.45) is 1.71. The van der Waals surface area contributed by atoms with Crippen LogP contribution in [0.5, 0.6) is 0 Å². The van der Waals surface area contributed by atoms with Crippen molar-refractivity contribution in [2.45, 2.75) is 46.7 Å². The minimum Gasteiger partial charge on any atom is -0.352 e. The number of hydrogen-bond acceptors (Lipinski definition) is 3. The second-order valence-electron chi connectivity index (χ2n) is 7.31. The number of amides is 2. The largest absolute Gasteiger partial charge is 0.352 e. The summed E-state index contributed by atoms with van der Waals surface area (Å²) in [7, 11) is 0. The molecule has 0 aliphatic carbocycles. The van der Waals surface area contributed by atoms with Gasteiger partial charge in [-0.2, -0.15) is 5.10 Å². The van der Waals surface area contributed by atoms with Crippen LogP contribution in [0.3, 0.4) is 0 Å². The number of rotatable bonds is 5. The summed E-state index contributed by atoms with van der Waals surface area (Å²) in [4.78, 5) is 25.9. The summed E-state index contributed by atoms with van der Waals surface area (Å²) in [6.45, 7) is 8.06.